The van der Waals surface area contributed by atoms with Crippen LogP contribution in [0, 0.1) is 11.8 Å². The number of carbonyl (C=O) groups is 1. The lowest BCUT2D eigenvalue weighted by Crippen LogP contribution is -2.40. The highest BCUT2D eigenvalue weighted by Crippen LogP contribution is 2.39. The number of aromatic nitrogens is 4. The fourth-order valence-corrected chi connectivity index (χ4v) is 6.21. The van der Waals surface area contributed by atoms with Gasteiger partial charge in [-0.05, 0) is 62.1 Å². The molecule has 0 spiro atoms. The van der Waals surface area contributed by atoms with Gasteiger partial charge in [-0.1, -0.05) is 61.9 Å². The van der Waals surface area contributed by atoms with E-state index < -0.39 is 0 Å². The molecule has 2 heterocycles. The molecule has 2 aromatic heterocycles. The lowest BCUT2D eigenvalue weighted by molar-refractivity contribution is -0.131. The van der Waals surface area contributed by atoms with Crippen LogP contribution in [0.4, 0.5) is 0 Å². The van der Waals surface area contributed by atoms with Gasteiger partial charge in [-0.2, -0.15) is 0 Å². The Hall–Kier alpha value is -2.67. The van der Waals surface area contributed by atoms with E-state index in [0.717, 1.165) is 23.0 Å². The minimum atomic E-state index is 0.174. The summed E-state index contributed by atoms with van der Waals surface area (Å²) >= 11 is 1.53. The van der Waals surface area contributed by atoms with Crippen molar-refractivity contribution in [2.75, 3.05) is 5.75 Å². The summed E-state index contributed by atoms with van der Waals surface area (Å²) in [5.41, 5.74) is 2.15. The largest absolute Gasteiger partial charge is 0.335 e. The standard InChI is InChI=1S/C28H35N5OS/c1-20-9-6-7-13-25(20)33-27(24-12-8-16-29-17-24)30-31-28(33)35-19-26(34)32(21(2)23-14-15-23)18-22-10-4-3-5-11-22/h3-5,8,10-12,16-17,20-21,23,25H,6-7,9,13-15,18-19H2,1-2H3/t20-,21-,25-/m1/s1. The highest BCUT2D eigenvalue weighted by atomic mass is 32.2. The maximum Gasteiger partial charge on any atom is 0.233 e. The summed E-state index contributed by atoms with van der Waals surface area (Å²) < 4.78 is 2.30. The quantitative estimate of drug-likeness (QED) is 0.344. The zero-order valence-corrected chi connectivity index (χ0v) is 21.5. The Morgan fingerprint density at radius 2 is 1.89 bits per heavy atom. The van der Waals surface area contributed by atoms with Gasteiger partial charge in [0.25, 0.3) is 0 Å². The second-order valence-corrected chi connectivity index (χ2v) is 11.1. The van der Waals surface area contributed by atoms with Crippen LogP contribution in [-0.4, -0.2) is 42.4 Å². The van der Waals surface area contributed by atoms with E-state index in [0.29, 0.717) is 30.2 Å². The van der Waals surface area contributed by atoms with Crippen LogP contribution in [0.25, 0.3) is 11.4 Å². The van der Waals surface area contributed by atoms with Crippen LogP contribution in [-0.2, 0) is 11.3 Å². The molecule has 3 atom stereocenters. The fourth-order valence-electron chi connectivity index (χ4n) is 5.33. The van der Waals surface area contributed by atoms with Crippen molar-refractivity contribution in [3.63, 3.8) is 0 Å². The molecule has 1 aromatic carbocycles. The lowest BCUT2D eigenvalue weighted by atomic mass is 9.85. The number of pyridine rings is 1. The Balaban J connectivity index is 1.38. The molecule has 0 aliphatic heterocycles. The highest BCUT2D eigenvalue weighted by molar-refractivity contribution is 7.99. The van der Waals surface area contributed by atoms with E-state index in [2.05, 4.69) is 50.6 Å². The molecule has 35 heavy (non-hydrogen) atoms. The maximum atomic E-state index is 13.6. The molecule has 3 aromatic rings. The van der Waals surface area contributed by atoms with Crippen molar-refractivity contribution >= 4 is 17.7 Å². The number of amides is 1. The Bertz CT molecular complexity index is 1110. The van der Waals surface area contributed by atoms with E-state index in [1.54, 1.807) is 6.20 Å². The molecule has 2 saturated carbocycles. The van der Waals surface area contributed by atoms with Gasteiger partial charge in [-0.15, -0.1) is 10.2 Å². The first kappa shape index (κ1) is 24.0. The van der Waals surface area contributed by atoms with E-state index in [9.17, 15) is 4.79 Å². The maximum absolute atomic E-state index is 13.6. The smallest absolute Gasteiger partial charge is 0.233 e. The van der Waals surface area contributed by atoms with Crippen molar-refractivity contribution in [2.45, 2.75) is 76.2 Å². The van der Waals surface area contributed by atoms with E-state index in [-0.39, 0.29) is 11.9 Å². The molecule has 0 radical (unpaired) electrons. The molecule has 184 valence electrons. The number of carbonyl (C=O) groups excluding carboxylic acids is 1. The third-order valence-electron chi connectivity index (χ3n) is 7.62. The van der Waals surface area contributed by atoms with E-state index in [1.807, 2.05) is 36.5 Å². The van der Waals surface area contributed by atoms with Gasteiger partial charge in [-0.25, -0.2) is 0 Å². The minimum absolute atomic E-state index is 0.174. The van der Waals surface area contributed by atoms with Gasteiger partial charge in [0.2, 0.25) is 5.91 Å². The molecular weight excluding hydrogens is 454 g/mol. The molecule has 0 unspecified atom stereocenters. The molecule has 7 heteroatoms. The second kappa shape index (κ2) is 10.9. The van der Waals surface area contributed by atoms with Gasteiger partial charge in [0, 0.05) is 36.6 Å². The van der Waals surface area contributed by atoms with Crippen LogP contribution in [0.2, 0.25) is 0 Å². The first-order chi connectivity index (χ1) is 17.1. The first-order valence-corrected chi connectivity index (χ1v) is 13.9. The van der Waals surface area contributed by atoms with E-state index in [1.165, 1.54) is 49.4 Å². The number of hydrogen-bond donors (Lipinski definition) is 0. The number of rotatable bonds is 9. The van der Waals surface area contributed by atoms with Crippen LogP contribution >= 0.6 is 11.8 Å². The molecule has 0 N–H and O–H groups in total. The van der Waals surface area contributed by atoms with E-state index in [4.69, 9.17) is 0 Å². The summed E-state index contributed by atoms with van der Waals surface area (Å²) in [5, 5.41) is 10.0. The lowest BCUT2D eigenvalue weighted by Gasteiger charge is -2.32. The molecular formula is C28H35N5OS. The van der Waals surface area contributed by atoms with Gasteiger partial charge in [0.15, 0.2) is 11.0 Å². The van der Waals surface area contributed by atoms with Gasteiger partial charge >= 0.3 is 0 Å². The normalized spacial score (nSPS) is 21.0. The Labute approximate surface area is 212 Å². The number of benzene rings is 1. The Morgan fingerprint density at radius 1 is 1.09 bits per heavy atom. The average molecular weight is 490 g/mol. The number of hydrogen-bond acceptors (Lipinski definition) is 5. The monoisotopic (exact) mass is 489 g/mol. The highest BCUT2D eigenvalue weighted by Gasteiger charge is 2.35. The van der Waals surface area contributed by atoms with Gasteiger partial charge in [-0.3, -0.25) is 14.3 Å². The summed E-state index contributed by atoms with van der Waals surface area (Å²) in [6.07, 6.45) is 10.9. The first-order valence-electron chi connectivity index (χ1n) is 12.9. The van der Waals surface area contributed by atoms with Crippen LogP contribution in [0.1, 0.15) is 64.0 Å². The van der Waals surface area contributed by atoms with Crippen molar-refractivity contribution in [3.8, 4) is 11.4 Å². The number of nitrogens with zero attached hydrogens (tertiary/aromatic N) is 5. The predicted octanol–water partition coefficient (Wildman–Crippen LogP) is 6.01. The Morgan fingerprint density at radius 3 is 2.60 bits per heavy atom. The predicted molar refractivity (Wildman–Crippen MR) is 140 cm³/mol. The van der Waals surface area contributed by atoms with Crippen LogP contribution in [0.3, 0.4) is 0 Å². The van der Waals surface area contributed by atoms with Crippen molar-refractivity contribution in [3.05, 3.63) is 60.4 Å². The molecule has 1 amide bonds. The average Bonchev–Trinajstić information content (AvgIpc) is 3.66. The minimum Gasteiger partial charge on any atom is -0.335 e. The van der Waals surface area contributed by atoms with Crippen LogP contribution in [0.15, 0.2) is 60.0 Å². The molecule has 0 saturated heterocycles. The molecule has 2 aliphatic rings. The van der Waals surface area contributed by atoms with Gasteiger partial charge in [0.05, 0.1) is 5.75 Å². The molecule has 2 aliphatic carbocycles. The fraction of sp³-hybridized carbons (Fsp3) is 0.500. The summed E-state index contributed by atoms with van der Waals surface area (Å²) in [4.78, 5) is 19.9. The molecule has 6 nitrogen and oxygen atoms in total. The number of thioether (sulfide) groups is 1. The third-order valence-corrected chi connectivity index (χ3v) is 8.55. The van der Waals surface area contributed by atoms with Gasteiger partial charge in [0.1, 0.15) is 0 Å². The zero-order valence-electron chi connectivity index (χ0n) is 20.7. The molecule has 2 fully saturated rings. The summed E-state index contributed by atoms with van der Waals surface area (Å²) in [6, 6.07) is 14.9. The second-order valence-electron chi connectivity index (χ2n) is 10.1. The third kappa shape index (κ3) is 5.61. The van der Waals surface area contributed by atoms with Crippen molar-refractivity contribution < 1.29 is 4.79 Å². The van der Waals surface area contributed by atoms with Crippen molar-refractivity contribution in [1.82, 2.24) is 24.6 Å². The van der Waals surface area contributed by atoms with Crippen LogP contribution < -0.4 is 0 Å². The van der Waals surface area contributed by atoms with Crippen molar-refractivity contribution in [1.29, 1.82) is 0 Å². The molecule has 5 rings (SSSR count). The van der Waals surface area contributed by atoms with Crippen LogP contribution in [0.5, 0.6) is 0 Å². The summed E-state index contributed by atoms with van der Waals surface area (Å²) in [7, 11) is 0. The van der Waals surface area contributed by atoms with Gasteiger partial charge < -0.3 is 4.90 Å². The Kier molecular flexibility index (Phi) is 7.51. The summed E-state index contributed by atoms with van der Waals surface area (Å²) in [6.45, 7) is 5.19. The zero-order chi connectivity index (χ0) is 24.2. The summed E-state index contributed by atoms with van der Waals surface area (Å²) in [5.74, 6) is 2.58. The topological polar surface area (TPSA) is 63.9 Å². The molecule has 0 bridgehead atoms. The van der Waals surface area contributed by atoms with E-state index >= 15 is 0 Å². The SMILES string of the molecule is C[C@@H]1CCCC[C@H]1n1c(SCC(=O)N(Cc2ccccc2)[C@H](C)C2CC2)nnc1-c1cccnc1. The van der Waals surface area contributed by atoms with Crippen molar-refractivity contribution in [2.24, 2.45) is 11.8 Å².